The lowest BCUT2D eigenvalue weighted by molar-refractivity contribution is -0.142. The van der Waals surface area contributed by atoms with Gasteiger partial charge in [0.1, 0.15) is 6.04 Å². The highest BCUT2D eigenvalue weighted by molar-refractivity contribution is 5.93. The molecule has 0 radical (unpaired) electrons. The second-order valence-electron chi connectivity index (χ2n) is 5.45. The van der Waals surface area contributed by atoms with Gasteiger partial charge in [-0.2, -0.15) is 0 Å². The van der Waals surface area contributed by atoms with Crippen molar-refractivity contribution in [1.82, 2.24) is 5.32 Å². The van der Waals surface area contributed by atoms with Gasteiger partial charge in [0.15, 0.2) is 0 Å². The number of hydrogen-bond donors (Lipinski definition) is 2. The summed E-state index contributed by atoms with van der Waals surface area (Å²) in [7, 11) is 0. The van der Waals surface area contributed by atoms with Crippen molar-refractivity contribution in [3.05, 3.63) is 35.9 Å². The number of amides is 1. The van der Waals surface area contributed by atoms with E-state index in [2.05, 4.69) is 5.32 Å². The van der Waals surface area contributed by atoms with Crippen LogP contribution in [0.3, 0.4) is 0 Å². The maximum Gasteiger partial charge on any atom is 0.326 e. The van der Waals surface area contributed by atoms with Gasteiger partial charge in [-0.25, -0.2) is 4.79 Å². The van der Waals surface area contributed by atoms with E-state index in [-0.39, 0.29) is 5.91 Å². The van der Waals surface area contributed by atoms with Crippen LogP contribution in [0.15, 0.2) is 30.3 Å². The third-order valence-electron chi connectivity index (χ3n) is 3.96. The predicted molar refractivity (Wildman–Crippen MR) is 76.4 cm³/mol. The molecule has 2 N–H and O–H groups in total. The van der Waals surface area contributed by atoms with Crippen LogP contribution in [0, 0.1) is 0 Å². The number of aliphatic carboxylic acids is 1. The van der Waals surface area contributed by atoms with Crippen molar-refractivity contribution in [3.63, 3.8) is 0 Å². The average molecular weight is 275 g/mol. The van der Waals surface area contributed by atoms with E-state index >= 15 is 0 Å². The van der Waals surface area contributed by atoms with Crippen molar-refractivity contribution in [3.8, 4) is 0 Å². The zero-order valence-electron chi connectivity index (χ0n) is 11.8. The number of nitrogens with one attached hydrogen (secondary N) is 1. The molecule has 0 heterocycles. The first-order valence-corrected chi connectivity index (χ1v) is 7.19. The van der Waals surface area contributed by atoms with Crippen molar-refractivity contribution in [2.75, 3.05) is 0 Å². The van der Waals surface area contributed by atoms with E-state index < -0.39 is 17.4 Å². The van der Waals surface area contributed by atoms with Crippen LogP contribution in [0.25, 0.3) is 0 Å². The molecule has 1 saturated carbocycles. The van der Waals surface area contributed by atoms with Crippen LogP contribution in [0.5, 0.6) is 0 Å². The van der Waals surface area contributed by atoms with Crippen LogP contribution in [-0.2, 0) is 15.0 Å². The Kier molecular flexibility index (Phi) is 4.42. The smallest absolute Gasteiger partial charge is 0.326 e. The van der Waals surface area contributed by atoms with Crippen LogP contribution >= 0.6 is 0 Å². The molecular formula is C16H21NO3. The monoisotopic (exact) mass is 275 g/mol. The Labute approximate surface area is 119 Å². The first-order valence-electron chi connectivity index (χ1n) is 7.19. The van der Waals surface area contributed by atoms with Gasteiger partial charge in [-0.1, -0.05) is 50.1 Å². The number of unbranched alkanes of at least 4 members (excludes halogenated alkanes) is 1. The molecule has 0 saturated heterocycles. The van der Waals surface area contributed by atoms with Crippen LogP contribution in [0.1, 0.15) is 44.6 Å². The van der Waals surface area contributed by atoms with Crippen molar-refractivity contribution in [2.24, 2.45) is 0 Å². The molecule has 2 rings (SSSR count). The molecule has 0 bridgehead atoms. The van der Waals surface area contributed by atoms with E-state index in [1.54, 1.807) is 0 Å². The van der Waals surface area contributed by atoms with Crippen molar-refractivity contribution >= 4 is 11.9 Å². The van der Waals surface area contributed by atoms with E-state index in [4.69, 9.17) is 0 Å². The molecule has 1 unspecified atom stereocenters. The minimum Gasteiger partial charge on any atom is -0.480 e. The predicted octanol–water partition coefficient (Wildman–Crippen LogP) is 2.48. The Balaban J connectivity index is 2.05. The zero-order chi connectivity index (χ0) is 14.6. The number of carboxylic acids is 1. The van der Waals surface area contributed by atoms with Crippen LogP contribution < -0.4 is 5.32 Å². The fourth-order valence-corrected chi connectivity index (χ4v) is 2.49. The lowest BCUT2D eigenvalue weighted by Gasteiger charge is -2.20. The summed E-state index contributed by atoms with van der Waals surface area (Å²) in [4.78, 5) is 23.6. The van der Waals surface area contributed by atoms with Crippen LogP contribution in [0.2, 0.25) is 0 Å². The standard InChI is InChI=1S/C16H21NO3/c1-2-3-9-13(14(18)19)17-15(20)16(10-11-16)12-7-5-4-6-8-12/h4-8,13H,2-3,9-11H2,1H3,(H,17,20)(H,18,19). The first-order chi connectivity index (χ1) is 9.60. The van der Waals surface area contributed by atoms with E-state index in [1.807, 2.05) is 37.3 Å². The first kappa shape index (κ1) is 14.6. The Hall–Kier alpha value is -1.84. The molecule has 1 aliphatic rings. The molecule has 0 spiro atoms. The minimum atomic E-state index is -0.948. The molecule has 4 heteroatoms. The molecule has 108 valence electrons. The zero-order valence-corrected chi connectivity index (χ0v) is 11.8. The van der Waals surface area contributed by atoms with E-state index in [9.17, 15) is 14.7 Å². The number of rotatable bonds is 7. The van der Waals surface area contributed by atoms with Crippen molar-refractivity contribution in [2.45, 2.75) is 50.5 Å². The summed E-state index contributed by atoms with van der Waals surface area (Å²) in [6, 6.07) is 8.84. The Bertz CT molecular complexity index is 480. The molecule has 1 aromatic rings. The van der Waals surface area contributed by atoms with Crippen molar-refractivity contribution in [1.29, 1.82) is 0 Å². The minimum absolute atomic E-state index is 0.146. The maximum atomic E-state index is 12.4. The van der Waals surface area contributed by atoms with E-state index in [1.165, 1.54) is 0 Å². The molecular weight excluding hydrogens is 254 g/mol. The van der Waals surface area contributed by atoms with Crippen molar-refractivity contribution < 1.29 is 14.7 Å². The van der Waals surface area contributed by atoms with Gasteiger partial charge in [0.05, 0.1) is 5.41 Å². The Morgan fingerprint density at radius 1 is 1.30 bits per heavy atom. The molecule has 4 nitrogen and oxygen atoms in total. The highest BCUT2D eigenvalue weighted by Gasteiger charge is 2.51. The number of carboxylic acid groups (broad SMARTS) is 1. The highest BCUT2D eigenvalue weighted by Crippen LogP contribution is 2.48. The van der Waals surface area contributed by atoms with Crippen LogP contribution in [0.4, 0.5) is 0 Å². The van der Waals surface area contributed by atoms with Gasteiger partial charge in [-0.05, 0) is 24.8 Å². The fraction of sp³-hybridized carbons (Fsp3) is 0.500. The molecule has 1 aromatic carbocycles. The summed E-state index contributed by atoms with van der Waals surface area (Å²) in [5, 5.41) is 11.9. The highest BCUT2D eigenvalue weighted by atomic mass is 16.4. The lowest BCUT2D eigenvalue weighted by atomic mass is 9.94. The fourth-order valence-electron chi connectivity index (χ4n) is 2.49. The average Bonchev–Trinajstić information content (AvgIpc) is 3.25. The second kappa shape index (κ2) is 6.07. The van der Waals surface area contributed by atoms with Gasteiger partial charge in [0.2, 0.25) is 5.91 Å². The largest absolute Gasteiger partial charge is 0.480 e. The molecule has 1 aliphatic carbocycles. The quantitative estimate of drug-likeness (QED) is 0.803. The third-order valence-corrected chi connectivity index (χ3v) is 3.96. The summed E-state index contributed by atoms with van der Waals surface area (Å²) in [6.07, 6.45) is 3.80. The molecule has 0 aromatic heterocycles. The molecule has 1 amide bonds. The normalized spacial score (nSPS) is 17.2. The van der Waals surface area contributed by atoms with Gasteiger partial charge >= 0.3 is 5.97 Å². The lowest BCUT2D eigenvalue weighted by Crippen LogP contribution is -2.45. The Morgan fingerprint density at radius 2 is 1.95 bits per heavy atom. The van der Waals surface area contributed by atoms with Gasteiger partial charge in [0.25, 0.3) is 0 Å². The number of hydrogen-bond acceptors (Lipinski definition) is 2. The molecule has 1 fully saturated rings. The van der Waals surface area contributed by atoms with E-state index in [0.29, 0.717) is 6.42 Å². The number of benzene rings is 1. The SMILES string of the molecule is CCCCC(NC(=O)C1(c2ccccc2)CC1)C(=O)O. The van der Waals surface area contributed by atoms with Gasteiger partial charge in [0, 0.05) is 0 Å². The molecule has 1 atom stereocenters. The van der Waals surface area contributed by atoms with Gasteiger partial charge < -0.3 is 10.4 Å². The second-order valence-corrected chi connectivity index (χ2v) is 5.45. The summed E-state index contributed by atoms with van der Waals surface area (Å²) < 4.78 is 0. The third kappa shape index (κ3) is 3.00. The van der Waals surface area contributed by atoms with Crippen LogP contribution in [-0.4, -0.2) is 23.0 Å². The summed E-state index contributed by atoms with van der Waals surface area (Å²) >= 11 is 0. The Morgan fingerprint density at radius 3 is 2.45 bits per heavy atom. The van der Waals surface area contributed by atoms with Gasteiger partial charge in [-0.3, -0.25) is 4.79 Å². The topological polar surface area (TPSA) is 66.4 Å². The summed E-state index contributed by atoms with van der Waals surface area (Å²) in [5.74, 6) is -1.09. The van der Waals surface area contributed by atoms with E-state index in [0.717, 1.165) is 31.2 Å². The summed E-state index contributed by atoms with van der Waals surface area (Å²) in [5.41, 5.74) is 0.485. The molecule has 0 aliphatic heterocycles. The number of carbonyl (C=O) groups is 2. The summed E-state index contributed by atoms with van der Waals surface area (Å²) in [6.45, 7) is 2.01. The maximum absolute atomic E-state index is 12.4. The van der Waals surface area contributed by atoms with Gasteiger partial charge in [-0.15, -0.1) is 0 Å². The number of carbonyl (C=O) groups excluding carboxylic acids is 1. The molecule has 20 heavy (non-hydrogen) atoms.